The summed E-state index contributed by atoms with van der Waals surface area (Å²) in [5.74, 6) is 1.41. The van der Waals surface area contributed by atoms with Crippen molar-refractivity contribution in [3.63, 3.8) is 0 Å². The molecule has 1 unspecified atom stereocenters. The second kappa shape index (κ2) is 10.3. The molecule has 4 heterocycles. The quantitative estimate of drug-likeness (QED) is 0.283. The van der Waals surface area contributed by atoms with Gasteiger partial charge in [0.15, 0.2) is 10.8 Å². The van der Waals surface area contributed by atoms with Crippen molar-refractivity contribution >= 4 is 27.5 Å². The first kappa shape index (κ1) is 28.8. The Morgan fingerprint density at radius 3 is 2.53 bits per heavy atom. The highest BCUT2D eigenvalue weighted by molar-refractivity contribution is 7.90. The van der Waals surface area contributed by atoms with E-state index in [-0.39, 0.29) is 21.3 Å². The van der Waals surface area contributed by atoms with E-state index in [0.29, 0.717) is 41.6 Å². The van der Waals surface area contributed by atoms with E-state index in [0.717, 1.165) is 38.1 Å². The molecule has 3 aromatic rings. The molecule has 1 saturated heterocycles. The molecule has 43 heavy (non-hydrogen) atoms. The SMILES string of the molecule is CC1(C)CC(CCCn2ccc(S(=O)(=O)NC(=O)c3ccc(-n4ccc(OCCC5C6(CC6)C56CC6)n4)nc3Cl)n2)CN1. The first-order valence-corrected chi connectivity index (χ1v) is 17.1. The van der Waals surface area contributed by atoms with Gasteiger partial charge in [0.2, 0.25) is 5.88 Å². The Bertz CT molecular complexity index is 1640. The molecule has 7 rings (SSSR count). The summed E-state index contributed by atoms with van der Waals surface area (Å²) in [5.41, 5.74) is 1.42. The van der Waals surface area contributed by atoms with Gasteiger partial charge in [-0.3, -0.25) is 9.48 Å². The van der Waals surface area contributed by atoms with Gasteiger partial charge in [0.25, 0.3) is 15.9 Å². The largest absolute Gasteiger partial charge is 0.477 e. The van der Waals surface area contributed by atoms with Gasteiger partial charge >= 0.3 is 0 Å². The lowest BCUT2D eigenvalue weighted by Crippen LogP contribution is -2.31. The summed E-state index contributed by atoms with van der Waals surface area (Å²) >= 11 is 6.32. The lowest BCUT2D eigenvalue weighted by molar-refractivity contribution is 0.0981. The van der Waals surface area contributed by atoms with Gasteiger partial charge in [0.05, 0.1) is 12.2 Å². The number of carbonyl (C=O) groups excluding carboxylic acids is 1. The van der Waals surface area contributed by atoms with Crippen LogP contribution in [0, 0.1) is 22.7 Å². The van der Waals surface area contributed by atoms with Crippen molar-refractivity contribution in [1.82, 2.24) is 34.6 Å². The predicted octanol–water partition coefficient (Wildman–Crippen LogP) is 4.36. The maximum atomic E-state index is 12.9. The molecule has 3 saturated carbocycles. The average molecular weight is 628 g/mol. The van der Waals surface area contributed by atoms with Gasteiger partial charge in [-0.2, -0.15) is 13.5 Å². The summed E-state index contributed by atoms with van der Waals surface area (Å²) in [6.45, 7) is 6.64. The molecule has 2 N–H and O–H groups in total. The Morgan fingerprint density at radius 2 is 1.86 bits per heavy atom. The summed E-state index contributed by atoms with van der Waals surface area (Å²) in [5, 5.41) is 11.8. The van der Waals surface area contributed by atoms with Gasteiger partial charge < -0.3 is 10.1 Å². The van der Waals surface area contributed by atoms with Crippen LogP contribution in [0.5, 0.6) is 5.88 Å². The monoisotopic (exact) mass is 627 g/mol. The van der Waals surface area contributed by atoms with Crippen molar-refractivity contribution in [3.05, 3.63) is 47.4 Å². The number of halogens is 1. The maximum Gasteiger partial charge on any atom is 0.283 e. The number of nitrogens with one attached hydrogen (secondary N) is 2. The molecule has 0 bridgehead atoms. The number of sulfonamides is 1. The van der Waals surface area contributed by atoms with E-state index in [1.165, 1.54) is 42.5 Å². The van der Waals surface area contributed by atoms with Crippen LogP contribution in [0.3, 0.4) is 0 Å². The van der Waals surface area contributed by atoms with E-state index in [1.807, 2.05) is 0 Å². The van der Waals surface area contributed by atoms with Crippen molar-refractivity contribution in [1.29, 1.82) is 0 Å². The lowest BCUT2D eigenvalue weighted by atomic mass is 9.94. The van der Waals surface area contributed by atoms with Gasteiger partial charge in [-0.1, -0.05) is 11.6 Å². The highest BCUT2D eigenvalue weighted by Gasteiger charge is 2.85. The number of ether oxygens (including phenoxy) is 1. The molecule has 4 aliphatic rings. The van der Waals surface area contributed by atoms with E-state index in [9.17, 15) is 13.2 Å². The summed E-state index contributed by atoms with van der Waals surface area (Å²) in [6.07, 6.45) is 13.0. The fourth-order valence-electron chi connectivity index (χ4n) is 7.74. The smallest absolute Gasteiger partial charge is 0.283 e. The minimum Gasteiger partial charge on any atom is -0.477 e. The molecule has 13 heteroatoms. The molecule has 0 aromatic carbocycles. The second-order valence-corrected chi connectivity index (χ2v) is 15.4. The first-order valence-electron chi connectivity index (χ1n) is 15.2. The molecule has 0 radical (unpaired) electrons. The third kappa shape index (κ3) is 5.46. The Hall–Kier alpha value is -2.96. The Labute approximate surface area is 256 Å². The van der Waals surface area contributed by atoms with Crippen LogP contribution < -0.4 is 14.8 Å². The topological polar surface area (TPSA) is 133 Å². The Morgan fingerprint density at radius 1 is 1.09 bits per heavy atom. The number of aryl methyl sites for hydroxylation is 1. The normalized spacial score (nSPS) is 22.6. The predicted molar refractivity (Wildman–Crippen MR) is 160 cm³/mol. The van der Waals surface area contributed by atoms with Gasteiger partial charge in [0, 0.05) is 30.5 Å². The van der Waals surface area contributed by atoms with E-state index >= 15 is 0 Å². The molecule has 11 nitrogen and oxygen atoms in total. The van der Waals surface area contributed by atoms with Crippen LogP contribution >= 0.6 is 11.6 Å². The van der Waals surface area contributed by atoms with E-state index in [2.05, 4.69) is 39.1 Å². The van der Waals surface area contributed by atoms with E-state index in [4.69, 9.17) is 16.3 Å². The number of carbonyl (C=O) groups is 1. The number of nitrogens with zero attached hydrogens (tertiary/aromatic N) is 5. The average Bonchev–Trinajstić information content (AvgIpc) is 3.86. The van der Waals surface area contributed by atoms with E-state index in [1.54, 1.807) is 29.2 Å². The zero-order chi connectivity index (χ0) is 30.0. The number of rotatable bonds is 12. The molecule has 1 amide bonds. The van der Waals surface area contributed by atoms with Crippen molar-refractivity contribution in [3.8, 4) is 11.7 Å². The highest BCUT2D eigenvalue weighted by atomic mass is 35.5. The van der Waals surface area contributed by atoms with Crippen LogP contribution in [0.25, 0.3) is 5.82 Å². The van der Waals surface area contributed by atoms with Crippen molar-refractivity contribution < 1.29 is 17.9 Å². The van der Waals surface area contributed by atoms with Crippen molar-refractivity contribution in [2.75, 3.05) is 13.2 Å². The second-order valence-electron chi connectivity index (χ2n) is 13.4. The van der Waals surface area contributed by atoms with Crippen molar-refractivity contribution in [2.45, 2.75) is 82.3 Å². The number of pyridine rings is 1. The third-order valence-corrected chi connectivity index (χ3v) is 11.7. The van der Waals surface area contributed by atoms with Crippen LogP contribution in [0.1, 0.15) is 75.6 Å². The van der Waals surface area contributed by atoms with Gasteiger partial charge in [-0.25, -0.2) is 14.4 Å². The molecule has 1 atom stereocenters. The molecule has 230 valence electrons. The van der Waals surface area contributed by atoms with Crippen LogP contribution in [-0.2, 0) is 16.6 Å². The van der Waals surface area contributed by atoms with Crippen LogP contribution in [0.15, 0.2) is 41.7 Å². The number of aromatic nitrogens is 5. The number of hydrogen-bond donors (Lipinski definition) is 2. The first-order chi connectivity index (χ1) is 20.5. The zero-order valence-corrected chi connectivity index (χ0v) is 26.1. The number of amides is 1. The van der Waals surface area contributed by atoms with E-state index < -0.39 is 15.9 Å². The zero-order valence-electron chi connectivity index (χ0n) is 24.6. The molecule has 1 aliphatic heterocycles. The summed E-state index contributed by atoms with van der Waals surface area (Å²) < 4.78 is 36.9. The fourth-order valence-corrected chi connectivity index (χ4v) is 8.89. The van der Waals surface area contributed by atoms with Gasteiger partial charge in [0.1, 0.15) is 5.15 Å². The number of fused-ring (bicyclic) bond motifs is 1. The summed E-state index contributed by atoms with van der Waals surface area (Å²) in [6, 6.07) is 6.13. The minimum atomic E-state index is -4.20. The van der Waals surface area contributed by atoms with Crippen LogP contribution in [0.2, 0.25) is 5.15 Å². The van der Waals surface area contributed by atoms with Crippen LogP contribution in [0.4, 0.5) is 0 Å². The number of hydrogen-bond acceptors (Lipinski definition) is 8. The molecule has 3 aromatic heterocycles. The van der Waals surface area contributed by atoms with Gasteiger partial charge in [-0.15, -0.1) is 5.10 Å². The summed E-state index contributed by atoms with van der Waals surface area (Å²) in [4.78, 5) is 17.1. The molecule has 4 fully saturated rings. The molecular weight excluding hydrogens is 590 g/mol. The highest BCUT2D eigenvalue weighted by Crippen LogP contribution is 2.93. The maximum absolute atomic E-state index is 12.9. The Kier molecular flexibility index (Phi) is 6.90. The van der Waals surface area contributed by atoms with Crippen molar-refractivity contribution in [2.24, 2.45) is 22.7 Å². The molecule has 3 aliphatic carbocycles. The van der Waals surface area contributed by atoms with Crippen LogP contribution in [-0.4, -0.2) is 57.6 Å². The lowest BCUT2D eigenvalue weighted by Gasteiger charge is -2.17. The minimum absolute atomic E-state index is 0.0717. The Balaban J connectivity index is 0.913. The molecular formula is C30H38ClN7O4S. The molecule has 2 spiro atoms. The third-order valence-electron chi connectivity index (χ3n) is 10.1. The fraction of sp³-hybridized carbons (Fsp3) is 0.600. The van der Waals surface area contributed by atoms with Gasteiger partial charge in [-0.05, 0) is 113 Å². The standard InChI is InChI=1S/C30H38ClN7O4S/c1-28(2)18-20(19-32-28)4-3-14-37-15-8-25(35-37)43(40,41)36-27(39)21-5-6-23(33-26(21)31)38-16-7-24(34-38)42-17-9-22-29(10-11-29)30(22)12-13-30/h5-8,15-16,20,22,32H,3-4,9-14,17-19H2,1-2H3,(H,36,39). The summed E-state index contributed by atoms with van der Waals surface area (Å²) in [7, 11) is -4.20.